The van der Waals surface area contributed by atoms with Crippen LogP contribution >= 0.6 is 11.3 Å². The van der Waals surface area contributed by atoms with E-state index in [0.717, 1.165) is 49.3 Å². The number of ether oxygens (including phenoxy) is 1. The lowest BCUT2D eigenvalue weighted by Crippen LogP contribution is -2.43. The first-order valence-corrected chi connectivity index (χ1v) is 10.6. The maximum Gasteiger partial charge on any atom is 0.193 e. The van der Waals surface area contributed by atoms with Crippen molar-refractivity contribution in [2.24, 2.45) is 10.4 Å². The predicted octanol–water partition coefficient (Wildman–Crippen LogP) is 3.44. The van der Waals surface area contributed by atoms with Gasteiger partial charge in [-0.2, -0.15) is 0 Å². The van der Waals surface area contributed by atoms with Crippen molar-refractivity contribution in [3.05, 3.63) is 23.5 Å². The number of rotatable bonds is 9. The van der Waals surface area contributed by atoms with E-state index in [-0.39, 0.29) is 0 Å². The van der Waals surface area contributed by atoms with Crippen molar-refractivity contribution >= 4 is 22.3 Å². The van der Waals surface area contributed by atoms with Crippen LogP contribution in [-0.2, 0) is 11.3 Å². The van der Waals surface area contributed by atoms with Crippen molar-refractivity contribution in [3.63, 3.8) is 0 Å². The molecule has 1 aliphatic carbocycles. The third-order valence-corrected chi connectivity index (χ3v) is 5.93. The first kappa shape index (κ1) is 19.2. The van der Waals surface area contributed by atoms with Gasteiger partial charge in [-0.25, -0.2) is 9.98 Å². The van der Waals surface area contributed by atoms with E-state index in [1.54, 1.807) is 11.3 Å². The summed E-state index contributed by atoms with van der Waals surface area (Å²) in [5.41, 5.74) is 1.35. The average Bonchev–Trinajstić information content (AvgIpc) is 3.34. The van der Waals surface area contributed by atoms with Gasteiger partial charge in [0.25, 0.3) is 0 Å². The number of thiazole rings is 1. The molecule has 0 aliphatic heterocycles. The molecule has 2 heterocycles. The molecule has 0 saturated heterocycles. The van der Waals surface area contributed by atoms with E-state index in [4.69, 9.17) is 9.73 Å². The molecule has 6 nitrogen and oxygen atoms in total. The van der Waals surface area contributed by atoms with Crippen LogP contribution in [0.25, 0.3) is 4.96 Å². The van der Waals surface area contributed by atoms with Crippen LogP contribution in [0, 0.1) is 5.41 Å². The van der Waals surface area contributed by atoms with Gasteiger partial charge in [0, 0.05) is 44.1 Å². The van der Waals surface area contributed by atoms with Crippen LogP contribution < -0.4 is 10.6 Å². The number of fused-ring (bicyclic) bond motifs is 1. The van der Waals surface area contributed by atoms with Gasteiger partial charge in [0.2, 0.25) is 0 Å². The fraction of sp³-hybridized carbons (Fsp3) is 0.684. The Bertz CT molecular complexity index is 673. The topological polar surface area (TPSA) is 63.0 Å². The van der Waals surface area contributed by atoms with Crippen LogP contribution in [-0.4, -0.2) is 41.6 Å². The zero-order valence-corrected chi connectivity index (χ0v) is 16.8. The monoisotopic (exact) mass is 377 g/mol. The van der Waals surface area contributed by atoms with E-state index in [0.29, 0.717) is 12.0 Å². The van der Waals surface area contributed by atoms with Gasteiger partial charge in [0.15, 0.2) is 10.9 Å². The summed E-state index contributed by atoms with van der Waals surface area (Å²) in [6.07, 6.45) is 10.4. The third kappa shape index (κ3) is 4.98. The van der Waals surface area contributed by atoms with Crippen molar-refractivity contribution in [2.45, 2.75) is 52.5 Å². The minimum absolute atomic E-state index is 0.350. The summed E-state index contributed by atoms with van der Waals surface area (Å²) in [6, 6.07) is 0. The van der Waals surface area contributed by atoms with E-state index in [1.807, 2.05) is 11.6 Å². The molecule has 0 amide bonds. The van der Waals surface area contributed by atoms with Crippen LogP contribution in [0.1, 0.15) is 51.6 Å². The molecule has 2 aromatic rings. The Kier molecular flexibility index (Phi) is 6.91. The number of imidazole rings is 1. The lowest BCUT2D eigenvalue weighted by Gasteiger charge is -2.30. The highest BCUT2D eigenvalue weighted by Gasteiger charge is 2.33. The summed E-state index contributed by atoms with van der Waals surface area (Å²) in [7, 11) is 0. The Morgan fingerprint density at radius 3 is 2.92 bits per heavy atom. The summed E-state index contributed by atoms with van der Waals surface area (Å²) in [5.74, 6) is 0.881. The van der Waals surface area contributed by atoms with E-state index < -0.39 is 0 Å². The van der Waals surface area contributed by atoms with Crippen molar-refractivity contribution in [3.8, 4) is 0 Å². The number of nitrogens with zero attached hydrogens (tertiary/aromatic N) is 3. The third-order valence-electron chi connectivity index (χ3n) is 5.16. The van der Waals surface area contributed by atoms with Gasteiger partial charge < -0.3 is 15.4 Å². The first-order valence-electron chi connectivity index (χ1n) is 9.76. The van der Waals surface area contributed by atoms with Crippen molar-refractivity contribution < 1.29 is 4.74 Å². The Labute approximate surface area is 160 Å². The second-order valence-corrected chi connectivity index (χ2v) is 7.90. The molecule has 2 N–H and O–H groups in total. The summed E-state index contributed by atoms with van der Waals surface area (Å²) >= 11 is 1.65. The van der Waals surface area contributed by atoms with E-state index in [2.05, 4.69) is 40.1 Å². The van der Waals surface area contributed by atoms with Crippen LogP contribution in [0.2, 0.25) is 0 Å². The number of nitrogens with one attached hydrogen (secondary N) is 2. The molecule has 1 fully saturated rings. The molecule has 26 heavy (non-hydrogen) atoms. The van der Waals surface area contributed by atoms with E-state index >= 15 is 0 Å². The molecule has 0 bridgehead atoms. The minimum atomic E-state index is 0.350. The van der Waals surface area contributed by atoms with Gasteiger partial charge in [-0.15, -0.1) is 11.3 Å². The largest absolute Gasteiger partial charge is 0.382 e. The lowest BCUT2D eigenvalue weighted by molar-refractivity contribution is 0.105. The highest BCUT2D eigenvalue weighted by atomic mass is 32.1. The van der Waals surface area contributed by atoms with Gasteiger partial charge in [-0.1, -0.05) is 12.8 Å². The van der Waals surface area contributed by atoms with Crippen molar-refractivity contribution in [1.82, 2.24) is 20.0 Å². The number of hydrogen-bond donors (Lipinski definition) is 2. The van der Waals surface area contributed by atoms with Gasteiger partial charge in [0.1, 0.15) is 0 Å². The average molecular weight is 378 g/mol. The molecule has 0 atom stereocenters. The first-order chi connectivity index (χ1) is 12.7. The molecule has 1 aliphatic rings. The van der Waals surface area contributed by atoms with Gasteiger partial charge in [0.05, 0.1) is 12.2 Å². The molecule has 0 unspecified atom stereocenters. The molecule has 0 radical (unpaired) electrons. The van der Waals surface area contributed by atoms with Crippen molar-refractivity contribution in [1.29, 1.82) is 0 Å². The highest BCUT2D eigenvalue weighted by molar-refractivity contribution is 7.15. The molecular weight excluding hydrogens is 346 g/mol. The number of hydrogen-bond acceptors (Lipinski definition) is 4. The van der Waals surface area contributed by atoms with E-state index in [1.165, 1.54) is 25.7 Å². The zero-order valence-electron chi connectivity index (χ0n) is 16.0. The zero-order chi connectivity index (χ0) is 18.2. The summed E-state index contributed by atoms with van der Waals surface area (Å²) in [6.45, 7) is 8.24. The quantitative estimate of drug-likeness (QED) is 0.399. The standard InChI is InChI=1S/C19H31N5OS/c1-3-20-17(21-13-16-14-24-10-12-26-18(24)23-16)22-15-19(7-5-6-8-19)9-11-25-4-2/h10,12,14H,3-9,11,13,15H2,1-2H3,(H2,20,21,22). The fourth-order valence-electron chi connectivity index (χ4n) is 3.70. The van der Waals surface area contributed by atoms with Gasteiger partial charge in [-0.3, -0.25) is 4.40 Å². The molecule has 0 aromatic carbocycles. The normalized spacial score (nSPS) is 17.1. The minimum Gasteiger partial charge on any atom is -0.382 e. The van der Waals surface area contributed by atoms with Crippen LogP contribution in [0.15, 0.2) is 22.8 Å². The van der Waals surface area contributed by atoms with E-state index in [9.17, 15) is 0 Å². The highest BCUT2D eigenvalue weighted by Crippen LogP contribution is 2.40. The second-order valence-electron chi connectivity index (χ2n) is 7.03. The Morgan fingerprint density at radius 1 is 1.35 bits per heavy atom. The smallest absolute Gasteiger partial charge is 0.193 e. The van der Waals surface area contributed by atoms with Gasteiger partial charge >= 0.3 is 0 Å². The predicted molar refractivity (Wildman–Crippen MR) is 108 cm³/mol. The lowest BCUT2D eigenvalue weighted by atomic mass is 9.83. The molecule has 144 valence electrons. The fourth-order valence-corrected chi connectivity index (χ4v) is 4.42. The molecule has 0 spiro atoms. The number of aromatic nitrogens is 2. The molecule has 1 saturated carbocycles. The summed E-state index contributed by atoms with van der Waals surface area (Å²) in [4.78, 5) is 10.4. The maximum absolute atomic E-state index is 5.62. The number of guanidine groups is 1. The SMILES string of the molecule is CCNC(=NCc1cn2ccsc2n1)NCC1(CCOCC)CCCC1. The molecule has 2 aromatic heterocycles. The molecular formula is C19H31N5OS. The van der Waals surface area contributed by atoms with Crippen LogP contribution in [0.5, 0.6) is 0 Å². The Hall–Kier alpha value is -1.60. The summed E-state index contributed by atoms with van der Waals surface area (Å²) < 4.78 is 7.67. The second kappa shape index (κ2) is 9.37. The van der Waals surface area contributed by atoms with Crippen LogP contribution in [0.3, 0.4) is 0 Å². The maximum atomic E-state index is 5.62. The summed E-state index contributed by atoms with van der Waals surface area (Å²) in [5, 5.41) is 8.99. The van der Waals surface area contributed by atoms with Gasteiger partial charge in [-0.05, 0) is 38.5 Å². The number of aliphatic imine (C=N–C) groups is 1. The molecule has 7 heteroatoms. The Balaban J connectivity index is 1.58. The van der Waals surface area contributed by atoms with Crippen LogP contribution in [0.4, 0.5) is 0 Å². The Morgan fingerprint density at radius 2 is 2.19 bits per heavy atom. The van der Waals surface area contributed by atoms with Crippen molar-refractivity contribution in [2.75, 3.05) is 26.3 Å². The molecule has 3 rings (SSSR count).